The van der Waals surface area contributed by atoms with Gasteiger partial charge in [-0.1, -0.05) is 19.0 Å². The van der Waals surface area contributed by atoms with Crippen molar-refractivity contribution in [1.82, 2.24) is 10.1 Å². The molecule has 1 aliphatic rings. The van der Waals surface area contributed by atoms with E-state index in [9.17, 15) is 9.59 Å². The predicted octanol–water partition coefficient (Wildman–Crippen LogP) is 1.53. The van der Waals surface area contributed by atoms with Crippen molar-refractivity contribution in [2.75, 3.05) is 25.0 Å². The van der Waals surface area contributed by atoms with Crippen molar-refractivity contribution in [3.63, 3.8) is 0 Å². The van der Waals surface area contributed by atoms with Crippen LogP contribution in [0.5, 0.6) is 0 Å². The van der Waals surface area contributed by atoms with Crippen LogP contribution in [-0.2, 0) is 9.59 Å². The van der Waals surface area contributed by atoms with Gasteiger partial charge in [0.05, 0.1) is 18.2 Å². The molecule has 0 bridgehead atoms. The van der Waals surface area contributed by atoms with Crippen molar-refractivity contribution in [2.45, 2.75) is 32.6 Å². The number of rotatable bonds is 5. The number of hydrogen-bond acceptors (Lipinski definition) is 5. The lowest BCUT2D eigenvalue weighted by molar-refractivity contribution is -0.143. The number of nitrogens with one attached hydrogen (secondary N) is 1. The Morgan fingerprint density at radius 1 is 1.48 bits per heavy atom. The number of amides is 1. The minimum Gasteiger partial charge on any atom is -0.481 e. The number of hydrogen-bond donors (Lipinski definition) is 2. The van der Waals surface area contributed by atoms with Gasteiger partial charge in [-0.15, -0.1) is 0 Å². The molecule has 0 aromatic carbocycles. The van der Waals surface area contributed by atoms with E-state index >= 15 is 0 Å². The smallest absolute Gasteiger partial charge is 0.306 e. The number of likely N-dealkylation sites (tertiary alicyclic amines) is 1. The van der Waals surface area contributed by atoms with Gasteiger partial charge in [-0.25, -0.2) is 0 Å². The first kappa shape index (κ1) is 15.5. The molecule has 116 valence electrons. The van der Waals surface area contributed by atoms with Gasteiger partial charge in [-0.05, 0) is 31.8 Å². The monoisotopic (exact) mass is 295 g/mol. The molecule has 0 spiro atoms. The van der Waals surface area contributed by atoms with E-state index < -0.39 is 5.97 Å². The molecule has 0 saturated carbocycles. The van der Waals surface area contributed by atoms with Crippen LogP contribution < -0.4 is 5.32 Å². The van der Waals surface area contributed by atoms with E-state index in [-0.39, 0.29) is 24.3 Å². The SMILES string of the molecule is CC(C)c1cc(NC(=O)CN2CCC(C(=O)O)CC2)on1. The van der Waals surface area contributed by atoms with Crippen LogP contribution in [0.4, 0.5) is 5.88 Å². The van der Waals surface area contributed by atoms with E-state index in [0.29, 0.717) is 31.8 Å². The van der Waals surface area contributed by atoms with E-state index in [4.69, 9.17) is 9.63 Å². The fourth-order valence-corrected chi connectivity index (χ4v) is 2.34. The number of aromatic nitrogens is 1. The quantitative estimate of drug-likeness (QED) is 0.855. The second kappa shape index (κ2) is 6.71. The highest BCUT2D eigenvalue weighted by molar-refractivity contribution is 5.91. The lowest BCUT2D eigenvalue weighted by Crippen LogP contribution is -2.40. The maximum absolute atomic E-state index is 11.9. The summed E-state index contributed by atoms with van der Waals surface area (Å²) in [5, 5.41) is 15.5. The molecular formula is C14H21N3O4. The first-order valence-electron chi connectivity index (χ1n) is 7.17. The van der Waals surface area contributed by atoms with Crippen LogP contribution in [-0.4, -0.2) is 46.7 Å². The molecular weight excluding hydrogens is 274 g/mol. The number of piperidine rings is 1. The average Bonchev–Trinajstić information content (AvgIpc) is 2.87. The predicted molar refractivity (Wildman–Crippen MR) is 76.0 cm³/mol. The zero-order chi connectivity index (χ0) is 15.4. The maximum atomic E-state index is 11.9. The summed E-state index contributed by atoms with van der Waals surface area (Å²) in [6.07, 6.45) is 1.17. The Morgan fingerprint density at radius 3 is 2.67 bits per heavy atom. The number of anilines is 1. The molecule has 2 N–H and O–H groups in total. The molecule has 7 heteroatoms. The lowest BCUT2D eigenvalue weighted by atomic mass is 9.97. The van der Waals surface area contributed by atoms with Crippen LogP contribution in [0.15, 0.2) is 10.6 Å². The van der Waals surface area contributed by atoms with Crippen molar-refractivity contribution in [3.8, 4) is 0 Å². The molecule has 2 heterocycles. The second-order valence-electron chi connectivity index (χ2n) is 5.71. The van der Waals surface area contributed by atoms with Crippen LogP contribution in [0, 0.1) is 5.92 Å². The number of carbonyl (C=O) groups is 2. The zero-order valence-corrected chi connectivity index (χ0v) is 12.3. The summed E-state index contributed by atoms with van der Waals surface area (Å²) in [6, 6.07) is 1.72. The van der Waals surface area contributed by atoms with Gasteiger partial charge in [0.25, 0.3) is 0 Å². The first-order valence-corrected chi connectivity index (χ1v) is 7.17. The second-order valence-corrected chi connectivity index (χ2v) is 5.71. The number of aliphatic carboxylic acids is 1. The molecule has 1 amide bonds. The normalized spacial score (nSPS) is 17.1. The minimum atomic E-state index is -0.748. The van der Waals surface area contributed by atoms with Crippen LogP contribution in [0.1, 0.15) is 38.3 Å². The van der Waals surface area contributed by atoms with Crippen molar-refractivity contribution in [1.29, 1.82) is 0 Å². The summed E-state index contributed by atoms with van der Waals surface area (Å²) in [5.74, 6) is -0.608. The van der Waals surface area contributed by atoms with Gasteiger partial charge < -0.3 is 9.63 Å². The molecule has 2 rings (SSSR count). The summed E-state index contributed by atoms with van der Waals surface area (Å²) in [4.78, 5) is 24.7. The van der Waals surface area contributed by atoms with E-state index in [0.717, 1.165) is 5.69 Å². The number of nitrogens with zero attached hydrogens (tertiary/aromatic N) is 2. The first-order chi connectivity index (χ1) is 9.95. The van der Waals surface area contributed by atoms with Crippen molar-refractivity contribution in [2.24, 2.45) is 5.92 Å². The number of carbonyl (C=O) groups excluding carboxylic acids is 1. The Hall–Kier alpha value is -1.89. The van der Waals surface area contributed by atoms with Gasteiger partial charge in [0.1, 0.15) is 0 Å². The van der Waals surface area contributed by atoms with E-state index in [2.05, 4.69) is 10.5 Å². The van der Waals surface area contributed by atoms with E-state index in [1.807, 2.05) is 18.7 Å². The summed E-state index contributed by atoms with van der Waals surface area (Å²) in [6.45, 7) is 5.48. The van der Waals surface area contributed by atoms with Gasteiger partial charge >= 0.3 is 5.97 Å². The molecule has 1 aromatic rings. The Morgan fingerprint density at radius 2 is 2.14 bits per heavy atom. The van der Waals surface area contributed by atoms with Gasteiger partial charge in [0.2, 0.25) is 11.8 Å². The summed E-state index contributed by atoms with van der Waals surface area (Å²) in [7, 11) is 0. The minimum absolute atomic E-state index is 0.171. The van der Waals surface area contributed by atoms with Crippen molar-refractivity contribution < 1.29 is 19.2 Å². The van der Waals surface area contributed by atoms with Crippen LogP contribution >= 0.6 is 0 Å². The van der Waals surface area contributed by atoms with Crippen molar-refractivity contribution in [3.05, 3.63) is 11.8 Å². The number of carboxylic acids is 1. The molecule has 1 fully saturated rings. The molecule has 7 nitrogen and oxygen atoms in total. The fraction of sp³-hybridized carbons (Fsp3) is 0.643. The zero-order valence-electron chi connectivity index (χ0n) is 12.3. The fourth-order valence-electron chi connectivity index (χ4n) is 2.34. The molecule has 0 radical (unpaired) electrons. The van der Waals surface area contributed by atoms with E-state index in [1.165, 1.54) is 0 Å². The van der Waals surface area contributed by atoms with Crippen LogP contribution in [0.25, 0.3) is 0 Å². The highest BCUT2D eigenvalue weighted by Gasteiger charge is 2.25. The van der Waals surface area contributed by atoms with Crippen LogP contribution in [0.3, 0.4) is 0 Å². The third-order valence-electron chi connectivity index (χ3n) is 3.69. The molecule has 1 aromatic heterocycles. The molecule has 0 unspecified atom stereocenters. The Kier molecular flexibility index (Phi) is 4.95. The number of carboxylic acid groups (broad SMARTS) is 1. The topological polar surface area (TPSA) is 95.7 Å². The third-order valence-corrected chi connectivity index (χ3v) is 3.69. The van der Waals surface area contributed by atoms with Crippen LogP contribution in [0.2, 0.25) is 0 Å². The summed E-state index contributed by atoms with van der Waals surface area (Å²) < 4.78 is 5.06. The standard InChI is InChI=1S/C14H21N3O4/c1-9(2)11-7-13(21-16-11)15-12(18)8-17-5-3-10(4-6-17)14(19)20/h7,9-10H,3-6,8H2,1-2H3,(H,15,18)(H,19,20). The summed E-state index contributed by atoms with van der Waals surface area (Å²) >= 11 is 0. The van der Waals surface area contributed by atoms with E-state index in [1.54, 1.807) is 6.07 Å². The highest BCUT2D eigenvalue weighted by atomic mass is 16.5. The molecule has 0 atom stereocenters. The van der Waals surface area contributed by atoms with Gasteiger partial charge in [-0.2, -0.15) is 0 Å². The van der Waals surface area contributed by atoms with Gasteiger partial charge in [0.15, 0.2) is 0 Å². The lowest BCUT2D eigenvalue weighted by Gasteiger charge is -2.29. The average molecular weight is 295 g/mol. The Bertz CT molecular complexity index is 504. The maximum Gasteiger partial charge on any atom is 0.306 e. The third kappa shape index (κ3) is 4.29. The van der Waals surface area contributed by atoms with Gasteiger partial charge in [-0.3, -0.25) is 19.8 Å². The summed E-state index contributed by atoms with van der Waals surface area (Å²) in [5.41, 5.74) is 0.799. The largest absolute Gasteiger partial charge is 0.481 e. The Balaban J connectivity index is 1.78. The molecule has 1 aliphatic heterocycles. The van der Waals surface area contributed by atoms with Crippen molar-refractivity contribution >= 4 is 17.8 Å². The Labute approximate surface area is 123 Å². The molecule has 21 heavy (non-hydrogen) atoms. The highest BCUT2D eigenvalue weighted by Crippen LogP contribution is 2.19. The molecule has 1 saturated heterocycles. The molecule has 0 aliphatic carbocycles. The van der Waals surface area contributed by atoms with Gasteiger partial charge in [0, 0.05) is 6.07 Å².